The van der Waals surface area contributed by atoms with Crippen molar-refractivity contribution in [3.63, 3.8) is 0 Å². The highest BCUT2D eigenvalue weighted by Gasteiger charge is 2.13. The summed E-state index contributed by atoms with van der Waals surface area (Å²) in [5.74, 6) is 1.75. The number of rotatable bonds is 15. The van der Waals surface area contributed by atoms with E-state index in [4.69, 9.17) is 28.4 Å². The van der Waals surface area contributed by atoms with Crippen molar-refractivity contribution >= 4 is 6.29 Å². The van der Waals surface area contributed by atoms with Gasteiger partial charge in [-0.1, -0.05) is 24.3 Å². The van der Waals surface area contributed by atoms with Gasteiger partial charge < -0.3 is 28.4 Å². The summed E-state index contributed by atoms with van der Waals surface area (Å²) in [5.41, 5.74) is 2.28. The molecule has 1 aromatic heterocycles. The first kappa shape index (κ1) is 25.3. The third-order valence-electron chi connectivity index (χ3n) is 4.74. The lowest BCUT2D eigenvalue weighted by molar-refractivity contribution is 0.0616. The van der Waals surface area contributed by atoms with E-state index >= 15 is 0 Å². The molecule has 0 amide bonds. The maximum absolute atomic E-state index is 11.8. The molecular weight excluding hydrogens is 438 g/mol. The van der Waals surface area contributed by atoms with Crippen LogP contribution in [0.2, 0.25) is 0 Å². The molecule has 3 aromatic rings. The SMILES string of the molecule is COCCOCc1ccc(Oc2cncc(Oc3ccc(COCCOC)cc3)c2C=O)cc1. The lowest BCUT2D eigenvalue weighted by Crippen LogP contribution is -2.02. The molecule has 8 nitrogen and oxygen atoms in total. The number of benzene rings is 2. The predicted molar refractivity (Wildman–Crippen MR) is 126 cm³/mol. The fraction of sp³-hybridized carbons (Fsp3) is 0.308. The van der Waals surface area contributed by atoms with Gasteiger partial charge in [0.25, 0.3) is 0 Å². The molecule has 1 heterocycles. The first-order valence-corrected chi connectivity index (χ1v) is 10.8. The van der Waals surface area contributed by atoms with Crippen LogP contribution in [0.1, 0.15) is 21.5 Å². The van der Waals surface area contributed by atoms with Gasteiger partial charge in [0.1, 0.15) is 17.1 Å². The van der Waals surface area contributed by atoms with Gasteiger partial charge in [-0.05, 0) is 35.4 Å². The molecule has 0 spiro atoms. The topological polar surface area (TPSA) is 85.3 Å². The summed E-state index contributed by atoms with van der Waals surface area (Å²) in [6.45, 7) is 3.11. The van der Waals surface area contributed by atoms with E-state index in [2.05, 4.69) is 4.98 Å². The number of carbonyl (C=O) groups excluding carboxylic acids is 1. The van der Waals surface area contributed by atoms with Crippen LogP contribution < -0.4 is 9.47 Å². The van der Waals surface area contributed by atoms with E-state index in [9.17, 15) is 4.79 Å². The monoisotopic (exact) mass is 467 g/mol. The van der Waals surface area contributed by atoms with Crippen LogP contribution in [0.25, 0.3) is 0 Å². The van der Waals surface area contributed by atoms with Crippen molar-refractivity contribution in [3.8, 4) is 23.0 Å². The molecule has 34 heavy (non-hydrogen) atoms. The average molecular weight is 468 g/mol. The molecule has 0 N–H and O–H groups in total. The van der Waals surface area contributed by atoms with Crippen molar-refractivity contribution in [2.45, 2.75) is 13.2 Å². The zero-order valence-corrected chi connectivity index (χ0v) is 19.4. The van der Waals surface area contributed by atoms with E-state index in [-0.39, 0.29) is 5.56 Å². The Balaban J connectivity index is 1.62. The Kier molecular flexibility index (Phi) is 10.5. The van der Waals surface area contributed by atoms with Gasteiger partial charge in [-0.3, -0.25) is 9.78 Å². The molecule has 2 aromatic carbocycles. The number of aldehydes is 1. The summed E-state index contributed by atoms with van der Waals surface area (Å²) in [7, 11) is 3.27. The Morgan fingerprint density at radius 3 is 1.50 bits per heavy atom. The Morgan fingerprint density at radius 1 is 0.676 bits per heavy atom. The van der Waals surface area contributed by atoms with Gasteiger partial charge in [0.2, 0.25) is 0 Å². The van der Waals surface area contributed by atoms with E-state index in [0.29, 0.717) is 68.9 Å². The molecule has 0 fully saturated rings. The van der Waals surface area contributed by atoms with Gasteiger partial charge in [-0.2, -0.15) is 0 Å². The number of pyridine rings is 1. The van der Waals surface area contributed by atoms with E-state index in [1.165, 1.54) is 12.4 Å². The van der Waals surface area contributed by atoms with Crippen molar-refractivity contribution in [1.82, 2.24) is 4.98 Å². The fourth-order valence-corrected chi connectivity index (χ4v) is 2.94. The van der Waals surface area contributed by atoms with Crippen LogP contribution in [0.5, 0.6) is 23.0 Å². The Labute approximate surface area is 199 Å². The smallest absolute Gasteiger partial charge is 0.159 e. The minimum atomic E-state index is 0.272. The first-order chi connectivity index (χ1) is 16.7. The summed E-state index contributed by atoms with van der Waals surface area (Å²) >= 11 is 0. The van der Waals surface area contributed by atoms with E-state index in [1.54, 1.807) is 14.2 Å². The second-order valence-corrected chi connectivity index (χ2v) is 7.25. The summed E-state index contributed by atoms with van der Waals surface area (Å²) in [4.78, 5) is 16.0. The minimum absolute atomic E-state index is 0.272. The van der Waals surface area contributed by atoms with Gasteiger partial charge in [0, 0.05) is 14.2 Å². The largest absolute Gasteiger partial charge is 0.455 e. The predicted octanol–water partition coefficient (Wildman–Crippen LogP) is 4.80. The highest BCUT2D eigenvalue weighted by Crippen LogP contribution is 2.32. The molecule has 8 heteroatoms. The summed E-state index contributed by atoms with van der Waals surface area (Å²) in [6.07, 6.45) is 3.67. The van der Waals surface area contributed by atoms with Crippen molar-refractivity contribution in [3.05, 3.63) is 77.6 Å². The maximum atomic E-state index is 11.8. The Morgan fingerprint density at radius 2 is 1.12 bits per heavy atom. The van der Waals surface area contributed by atoms with Crippen molar-refractivity contribution < 1.29 is 33.2 Å². The molecule has 0 aliphatic rings. The van der Waals surface area contributed by atoms with Gasteiger partial charge in [-0.25, -0.2) is 0 Å². The lowest BCUT2D eigenvalue weighted by Gasteiger charge is -2.13. The molecule has 0 atom stereocenters. The minimum Gasteiger partial charge on any atom is -0.455 e. The van der Waals surface area contributed by atoms with Crippen LogP contribution in [-0.2, 0) is 32.2 Å². The van der Waals surface area contributed by atoms with Gasteiger partial charge >= 0.3 is 0 Å². The number of nitrogens with zero attached hydrogens (tertiary/aromatic N) is 1. The number of hydrogen-bond donors (Lipinski definition) is 0. The Bertz CT molecular complexity index is 931. The highest BCUT2D eigenvalue weighted by molar-refractivity contribution is 5.83. The van der Waals surface area contributed by atoms with Crippen LogP contribution in [-0.4, -0.2) is 51.9 Å². The number of methoxy groups -OCH3 is 2. The number of ether oxygens (including phenoxy) is 6. The molecule has 0 saturated heterocycles. The molecule has 0 unspecified atom stereocenters. The fourth-order valence-electron chi connectivity index (χ4n) is 2.94. The van der Waals surface area contributed by atoms with E-state index in [0.717, 1.165) is 11.1 Å². The van der Waals surface area contributed by atoms with Crippen LogP contribution in [0.15, 0.2) is 60.9 Å². The second-order valence-electron chi connectivity index (χ2n) is 7.25. The number of aromatic nitrogens is 1. The molecule has 180 valence electrons. The second kappa shape index (κ2) is 14.1. The van der Waals surface area contributed by atoms with Crippen LogP contribution in [0.3, 0.4) is 0 Å². The summed E-state index contributed by atoms with van der Waals surface area (Å²) < 4.78 is 32.7. The van der Waals surface area contributed by atoms with Crippen LogP contribution >= 0.6 is 0 Å². The van der Waals surface area contributed by atoms with E-state index < -0.39 is 0 Å². The number of hydrogen-bond acceptors (Lipinski definition) is 8. The van der Waals surface area contributed by atoms with Crippen molar-refractivity contribution in [2.75, 3.05) is 40.6 Å². The molecule has 0 bridgehead atoms. The zero-order chi connectivity index (χ0) is 24.0. The summed E-state index contributed by atoms with van der Waals surface area (Å²) in [6, 6.07) is 14.8. The Hall–Kier alpha value is -3.30. The third-order valence-corrected chi connectivity index (χ3v) is 4.74. The normalized spacial score (nSPS) is 10.8. The third kappa shape index (κ3) is 7.93. The molecule has 0 aliphatic carbocycles. The standard InChI is InChI=1S/C26H29NO7/c1-29-11-13-31-18-20-3-7-22(8-4-20)33-25-15-27-16-26(24(25)17-28)34-23-9-5-21(6-10-23)19-32-14-12-30-2/h3-10,15-17H,11-14,18-19H2,1-2H3. The quantitative estimate of drug-likeness (QED) is 0.233. The van der Waals surface area contributed by atoms with Crippen LogP contribution in [0, 0.1) is 0 Å². The maximum Gasteiger partial charge on any atom is 0.159 e. The lowest BCUT2D eigenvalue weighted by atomic mass is 10.2. The molecule has 0 radical (unpaired) electrons. The van der Waals surface area contributed by atoms with Crippen molar-refractivity contribution in [2.24, 2.45) is 0 Å². The van der Waals surface area contributed by atoms with Gasteiger partial charge in [0.15, 0.2) is 17.8 Å². The van der Waals surface area contributed by atoms with Gasteiger partial charge in [0.05, 0.1) is 52.0 Å². The van der Waals surface area contributed by atoms with Crippen LogP contribution in [0.4, 0.5) is 0 Å². The van der Waals surface area contributed by atoms with Gasteiger partial charge in [-0.15, -0.1) is 0 Å². The highest BCUT2D eigenvalue weighted by atomic mass is 16.5. The van der Waals surface area contributed by atoms with E-state index in [1.807, 2.05) is 48.5 Å². The molecule has 0 saturated carbocycles. The average Bonchev–Trinajstić information content (AvgIpc) is 2.87. The zero-order valence-electron chi connectivity index (χ0n) is 19.4. The molecule has 0 aliphatic heterocycles. The molecular formula is C26H29NO7. The van der Waals surface area contributed by atoms with Crippen molar-refractivity contribution in [1.29, 1.82) is 0 Å². The molecule has 3 rings (SSSR count). The summed E-state index contributed by atoms with van der Waals surface area (Å²) in [5, 5.41) is 0. The first-order valence-electron chi connectivity index (χ1n) is 10.8. The number of carbonyl (C=O) groups is 1.